The molecule has 1 N–H and O–H groups in total. The largest absolute Gasteiger partial charge is 0.337 e. The van der Waals surface area contributed by atoms with Gasteiger partial charge in [-0.1, -0.05) is 23.7 Å². The van der Waals surface area contributed by atoms with Crippen LogP contribution in [0.2, 0.25) is 5.02 Å². The van der Waals surface area contributed by atoms with E-state index in [1.807, 2.05) is 10.6 Å². The molecule has 0 saturated heterocycles. The topological polar surface area (TPSA) is 89.1 Å². The normalized spacial score (nSPS) is 13.4. The van der Waals surface area contributed by atoms with E-state index in [-0.39, 0.29) is 5.91 Å². The molecule has 8 nitrogen and oxygen atoms in total. The molecule has 9 heteroatoms. The molecular weight excluding hydrogens is 368 g/mol. The number of hydrogen-bond acceptors (Lipinski definition) is 6. The predicted molar refractivity (Wildman–Crippen MR) is 99.7 cm³/mol. The van der Waals surface area contributed by atoms with Gasteiger partial charge in [0.15, 0.2) is 5.82 Å². The van der Waals surface area contributed by atoms with Crippen LogP contribution in [0.15, 0.2) is 28.9 Å². The van der Waals surface area contributed by atoms with Crippen molar-refractivity contribution in [2.75, 3.05) is 13.6 Å². The summed E-state index contributed by atoms with van der Waals surface area (Å²) in [6.07, 6.45) is 2.75. The van der Waals surface area contributed by atoms with E-state index in [9.17, 15) is 4.79 Å². The summed E-state index contributed by atoms with van der Waals surface area (Å²) in [6.45, 7) is 3.88. The smallest absolute Gasteiger partial charge is 0.256 e. The SMILES string of the molecule is CCCNCc1nc(-c2ncc3n2-c2ccc(Cl)cc2C(=O)N(C)C3)no1. The Morgan fingerprint density at radius 1 is 1.37 bits per heavy atom. The Morgan fingerprint density at radius 2 is 2.22 bits per heavy atom. The number of carbonyl (C=O) groups is 1. The number of fused-ring (bicyclic) bond motifs is 3. The maximum Gasteiger partial charge on any atom is 0.256 e. The summed E-state index contributed by atoms with van der Waals surface area (Å²) in [5, 5.41) is 7.80. The number of nitrogens with one attached hydrogen (secondary N) is 1. The maximum absolute atomic E-state index is 12.7. The Morgan fingerprint density at radius 3 is 3.04 bits per heavy atom. The monoisotopic (exact) mass is 386 g/mol. The minimum absolute atomic E-state index is 0.0975. The van der Waals surface area contributed by atoms with Crippen LogP contribution in [-0.2, 0) is 13.1 Å². The van der Waals surface area contributed by atoms with Crippen LogP contribution in [0.3, 0.4) is 0 Å². The van der Waals surface area contributed by atoms with Gasteiger partial charge in [-0.15, -0.1) is 0 Å². The van der Waals surface area contributed by atoms with Gasteiger partial charge < -0.3 is 14.7 Å². The summed E-state index contributed by atoms with van der Waals surface area (Å²) >= 11 is 6.12. The lowest BCUT2D eigenvalue weighted by atomic mass is 10.1. The van der Waals surface area contributed by atoms with Gasteiger partial charge in [-0.05, 0) is 31.2 Å². The second kappa shape index (κ2) is 7.13. The molecule has 0 unspecified atom stereocenters. The van der Waals surface area contributed by atoms with E-state index in [4.69, 9.17) is 16.1 Å². The number of imidazole rings is 1. The van der Waals surface area contributed by atoms with Crippen molar-refractivity contribution >= 4 is 17.5 Å². The molecule has 4 rings (SSSR count). The summed E-state index contributed by atoms with van der Waals surface area (Å²) in [4.78, 5) is 23.3. The number of nitrogens with zero attached hydrogens (tertiary/aromatic N) is 5. The summed E-state index contributed by atoms with van der Waals surface area (Å²) < 4.78 is 7.22. The molecule has 0 atom stereocenters. The minimum atomic E-state index is -0.0975. The van der Waals surface area contributed by atoms with Crippen LogP contribution in [0.1, 0.15) is 35.3 Å². The lowest BCUT2D eigenvalue weighted by molar-refractivity contribution is 0.0788. The molecule has 1 aliphatic rings. The van der Waals surface area contributed by atoms with Crippen LogP contribution in [0, 0.1) is 0 Å². The highest BCUT2D eigenvalue weighted by molar-refractivity contribution is 6.31. The molecule has 27 heavy (non-hydrogen) atoms. The van der Waals surface area contributed by atoms with E-state index in [2.05, 4.69) is 27.4 Å². The van der Waals surface area contributed by atoms with Crippen molar-refractivity contribution in [2.24, 2.45) is 0 Å². The first kappa shape index (κ1) is 17.7. The van der Waals surface area contributed by atoms with Gasteiger partial charge >= 0.3 is 0 Å². The number of amides is 1. The third-order valence-electron chi connectivity index (χ3n) is 4.38. The van der Waals surface area contributed by atoms with Crippen LogP contribution < -0.4 is 5.32 Å². The highest BCUT2D eigenvalue weighted by Crippen LogP contribution is 2.30. The number of carbonyl (C=O) groups excluding carboxylic acids is 1. The van der Waals surface area contributed by atoms with Crippen LogP contribution in [0.4, 0.5) is 0 Å². The molecule has 2 aromatic heterocycles. The number of halogens is 1. The zero-order valence-electron chi connectivity index (χ0n) is 15.1. The van der Waals surface area contributed by atoms with Crippen molar-refractivity contribution < 1.29 is 9.32 Å². The van der Waals surface area contributed by atoms with E-state index in [1.165, 1.54) is 0 Å². The standard InChI is InChI=1S/C18H19ClN6O2/c1-3-6-20-9-15-22-16(23-27-15)17-21-8-12-10-24(2)18(26)13-7-11(19)4-5-14(13)25(12)17/h4-5,7-8,20H,3,6,9-10H2,1-2H3. The van der Waals surface area contributed by atoms with Crippen LogP contribution in [0.25, 0.3) is 17.3 Å². The van der Waals surface area contributed by atoms with E-state index in [1.54, 1.807) is 30.3 Å². The minimum Gasteiger partial charge on any atom is -0.337 e. The van der Waals surface area contributed by atoms with Crippen LogP contribution in [0.5, 0.6) is 0 Å². The van der Waals surface area contributed by atoms with Crippen molar-refractivity contribution in [1.82, 2.24) is 29.9 Å². The van der Waals surface area contributed by atoms with E-state index >= 15 is 0 Å². The summed E-state index contributed by atoms with van der Waals surface area (Å²) in [6, 6.07) is 5.24. The molecule has 1 amide bonds. The molecular formula is C18H19ClN6O2. The Balaban J connectivity index is 1.78. The van der Waals surface area contributed by atoms with Crippen molar-refractivity contribution in [3.05, 3.63) is 46.6 Å². The van der Waals surface area contributed by atoms with Crippen molar-refractivity contribution in [3.8, 4) is 17.3 Å². The molecule has 140 valence electrons. The fourth-order valence-corrected chi connectivity index (χ4v) is 3.28. The van der Waals surface area contributed by atoms with Gasteiger partial charge in [0, 0.05) is 12.1 Å². The Bertz CT molecular complexity index is 996. The predicted octanol–water partition coefficient (Wildman–Crippen LogP) is 2.66. The lowest BCUT2D eigenvalue weighted by Crippen LogP contribution is -2.24. The van der Waals surface area contributed by atoms with Crippen LogP contribution in [-0.4, -0.2) is 44.1 Å². The zero-order chi connectivity index (χ0) is 19.0. The van der Waals surface area contributed by atoms with Crippen molar-refractivity contribution in [2.45, 2.75) is 26.4 Å². The van der Waals surface area contributed by atoms with Gasteiger partial charge in [0.05, 0.1) is 36.2 Å². The zero-order valence-corrected chi connectivity index (χ0v) is 15.8. The molecule has 0 aliphatic carbocycles. The first-order chi connectivity index (χ1) is 13.1. The number of hydrogen-bond donors (Lipinski definition) is 1. The van der Waals surface area contributed by atoms with Gasteiger partial charge in [0.2, 0.25) is 11.7 Å². The first-order valence-electron chi connectivity index (χ1n) is 8.74. The average Bonchev–Trinajstić information content (AvgIpc) is 3.26. The highest BCUT2D eigenvalue weighted by atomic mass is 35.5. The summed E-state index contributed by atoms with van der Waals surface area (Å²) in [5.41, 5.74) is 2.07. The molecule has 0 spiro atoms. The maximum atomic E-state index is 12.7. The highest BCUT2D eigenvalue weighted by Gasteiger charge is 2.28. The quantitative estimate of drug-likeness (QED) is 0.678. The lowest BCUT2D eigenvalue weighted by Gasteiger charge is -2.13. The van der Waals surface area contributed by atoms with Crippen molar-refractivity contribution in [1.29, 1.82) is 0 Å². The van der Waals surface area contributed by atoms with Crippen molar-refractivity contribution in [3.63, 3.8) is 0 Å². The molecule has 0 saturated carbocycles. The average molecular weight is 387 g/mol. The second-order valence-corrected chi connectivity index (χ2v) is 6.86. The first-order valence-corrected chi connectivity index (χ1v) is 9.12. The van der Waals surface area contributed by atoms with Gasteiger partial charge in [-0.25, -0.2) is 4.98 Å². The third kappa shape index (κ3) is 3.22. The summed E-state index contributed by atoms with van der Waals surface area (Å²) in [7, 11) is 1.75. The van der Waals surface area contributed by atoms with Gasteiger partial charge in [-0.3, -0.25) is 9.36 Å². The summed E-state index contributed by atoms with van der Waals surface area (Å²) in [5.74, 6) is 1.31. The van der Waals surface area contributed by atoms with Gasteiger partial charge in [0.25, 0.3) is 5.91 Å². The van der Waals surface area contributed by atoms with E-state index < -0.39 is 0 Å². The molecule has 3 aromatic rings. The van der Waals surface area contributed by atoms with E-state index in [0.717, 1.165) is 18.7 Å². The fraction of sp³-hybridized carbons (Fsp3) is 0.333. The molecule has 0 radical (unpaired) electrons. The molecule has 0 fully saturated rings. The number of benzene rings is 1. The molecule has 1 aliphatic heterocycles. The number of rotatable bonds is 5. The fourth-order valence-electron chi connectivity index (χ4n) is 3.11. The third-order valence-corrected chi connectivity index (χ3v) is 4.62. The Labute approximate surface area is 161 Å². The van der Waals surface area contributed by atoms with Gasteiger partial charge in [0.1, 0.15) is 0 Å². The molecule has 3 heterocycles. The Hall–Kier alpha value is -2.71. The second-order valence-electron chi connectivity index (χ2n) is 6.42. The Kier molecular flexibility index (Phi) is 4.67. The molecule has 0 bridgehead atoms. The van der Waals surface area contributed by atoms with E-state index in [0.29, 0.717) is 46.9 Å². The van der Waals surface area contributed by atoms with Gasteiger partial charge in [-0.2, -0.15) is 4.98 Å². The van der Waals surface area contributed by atoms with Crippen LogP contribution >= 0.6 is 11.6 Å². The number of aromatic nitrogens is 4. The molecule has 1 aromatic carbocycles.